The summed E-state index contributed by atoms with van der Waals surface area (Å²) in [7, 11) is -3.84. The summed E-state index contributed by atoms with van der Waals surface area (Å²) in [5.41, 5.74) is 0.209. The molecule has 0 aliphatic heterocycles. The van der Waals surface area contributed by atoms with Crippen LogP contribution in [0.15, 0.2) is 41.4 Å². The molecule has 0 unspecified atom stereocenters. The molecule has 0 radical (unpaired) electrons. The minimum absolute atomic E-state index is 0.0383. The van der Waals surface area contributed by atoms with Crippen LogP contribution < -0.4 is 4.74 Å². The Balaban J connectivity index is 1.58. The zero-order chi connectivity index (χ0) is 22.2. The maximum absolute atomic E-state index is 12.6. The zero-order valence-corrected chi connectivity index (χ0v) is 16.1. The average molecular weight is 454 g/mol. The maximum Gasteiger partial charge on any atom is 0.573 e. The van der Waals surface area contributed by atoms with Gasteiger partial charge in [-0.1, -0.05) is 6.07 Å². The standard InChI is InChI=1S/C18H16F6N2O3S/c19-17(20,21)16-25-7-6-12(26-16)5-4-11-8-15(9-11)30(27,28)14-3-1-2-13(10-14)29-18(22,23)24/h1-3,6-7,10-11,15H,4-5,8-9H2. The molecular weight excluding hydrogens is 438 g/mol. The van der Waals surface area contributed by atoms with E-state index in [0.29, 0.717) is 6.42 Å². The van der Waals surface area contributed by atoms with Crippen molar-refractivity contribution in [2.45, 2.75) is 48.4 Å². The number of nitrogens with zero attached hydrogens (tertiary/aromatic N) is 2. The molecule has 30 heavy (non-hydrogen) atoms. The summed E-state index contributed by atoms with van der Waals surface area (Å²) in [6, 6.07) is 5.57. The van der Waals surface area contributed by atoms with Gasteiger partial charge >= 0.3 is 12.5 Å². The molecule has 0 atom stereocenters. The van der Waals surface area contributed by atoms with Gasteiger partial charge in [0, 0.05) is 11.9 Å². The van der Waals surface area contributed by atoms with Crippen LogP contribution in [-0.4, -0.2) is 30.0 Å². The number of hydrogen-bond acceptors (Lipinski definition) is 5. The second-order valence-corrected chi connectivity index (χ2v) is 9.16. The minimum atomic E-state index is -4.93. The van der Waals surface area contributed by atoms with Crippen LogP contribution >= 0.6 is 0 Å². The average Bonchev–Trinajstić information content (AvgIpc) is 2.58. The number of sulfone groups is 1. The quantitative estimate of drug-likeness (QED) is 0.598. The van der Waals surface area contributed by atoms with Gasteiger partial charge < -0.3 is 4.74 Å². The lowest BCUT2D eigenvalue weighted by molar-refractivity contribution is -0.274. The third-order valence-electron chi connectivity index (χ3n) is 4.77. The van der Waals surface area contributed by atoms with E-state index in [9.17, 15) is 34.8 Å². The van der Waals surface area contributed by atoms with Gasteiger partial charge in [0.05, 0.1) is 10.1 Å². The first-order valence-electron chi connectivity index (χ1n) is 8.83. The molecule has 0 saturated heterocycles. The Hall–Kier alpha value is -2.37. The highest BCUT2D eigenvalue weighted by Crippen LogP contribution is 2.39. The molecule has 1 heterocycles. The summed E-state index contributed by atoms with van der Waals surface area (Å²) in [5, 5.41) is -0.764. The number of aryl methyl sites for hydroxylation is 1. The maximum atomic E-state index is 12.6. The van der Waals surface area contributed by atoms with Crippen molar-refractivity contribution in [2.75, 3.05) is 0 Å². The Bertz CT molecular complexity index is 1000. The molecule has 1 saturated carbocycles. The SMILES string of the molecule is O=S(=O)(c1cccc(OC(F)(F)F)c1)C1CC(CCc2ccnc(C(F)(F)F)n2)C1. The lowest BCUT2D eigenvalue weighted by atomic mass is 9.81. The molecule has 1 aromatic heterocycles. The first kappa shape index (κ1) is 22.3. The van der Waals surface area contributed by atoms with Crippen molar-refractivity contribution in [3.05, 3.63) is 48.0 Å². The van der Waals surface area contributed by atoms with Crippen LogP contribution in [0.3, 0.4) is 0 Å². The number of hydrogen-bond donors (Lipinski definition) is 0. The van der Waals surface area contributed by atoms with Crippen molar-refractivity contribution in [1.82, 2.24) is 9.97 Å². The zero-order valence-electron chi connectivity index (χ0n) is 15.2. The number of alkyl halides is 6. The molecule has 3 rings (SSSR count). The van der Waals surface area contributed by atoms with Crippen molar-refractivity contribution in [2.24, 2.45) is 5.92 Å². The van der Waals surface area contributed by atoms with Gasteiger partial charge in [-0.15, -0.1) is 13.2 Å². The van der Waals surface area contributed by atoms with Crippen molar-refractivity contribution in [1.29, 1.82) is 0 Å². The van der Waals surface area contributed by atoms with Crippen LogP contribution in [0.1, 0.15) is 30.8 Å². The third-order valence-corrected chi connectivity index (χ3v) is 6.95. The lowest BCUT2D eigenvalue weighted by Crippen LogP contribution is -2.36. The monoisotopic (exact) mass is 454 g/mol. The molecule has 0 bridgehead atoms. The topological polar surface area (TPSA) is 69.2 Å². The fourth-order valence-corrected chi connectivity index (χ4v) is 5.21. The minimum Gasteiger partial charge on any atom is -0.406 e. The molecule has 1 aromatic carbocycles. The normalized spacial score (nSPS) is 19.9. The van der Waals surface area contributed by atoms with E-state index in [-0.39, 0.29) is 35.8 Å². The van der Waals surface area contributed by atoms with E-state index in [1.165, 1.54) is 12.1 Å². The molecule has 164 valence electrons. The fraction of sp³-hybridized carbons (Fsp3) is 0.444. The Labute approximate surface area is 168 Å². The summed E-state index contributed by atoms with van der Waals surface area (Å²) in [5.74, 6) is -1.89. The van der Waals surface area contributed by atoms with Gasteiger partial charge in [0.2, 0.25) is 5.82 Å². The van der Waals surface area contributed by atoms with Gasteiger partial charge in [-0.3, -0.25) is 0 Å². The van der Waals surface area contributed by atoms with Gasteiger partial charge in [0.15, 0.2) is 9.84 Å². The molecule has 1 aliphatic rings. The van der Waals surface area contributed by atoms with E-state index in [4.69, 9.17) is 0 Å². The van der Waals surface area contributed by atoms with Crippen LogP contribution in [-0.2, 0) is 22.4 Å². The Morgan fingerprint density at radius 2 is 1.77 bits per heavy atom. The highest BCUT2D eigenvalue weighted by Gasteiger charge is 2.40. The van der Waals surface area contributed by atoms with E-state index in [2.05, 4.69) is 14.7 Å². The predicted octanol–water partition coefficient (Wildman–Crippen LogP) is 4.58. The second-order valence-electron chi connectivity index (χ2n) is 6.94. The van der Waals surface area contributed by atoms with Crippen molar-refractivity contribution in [3.63, 3.8) is 0 Å². The van der Waals surface area contributed by atoms with E-state index in [1.54, 1.807) is 0 Å². The molecule has 0 amide bonds. The number of ether oxygens (including phenoxy) is 1. The van der Waals surface area contributed by atoms with Gasteiger partial charge in [0.1, 0.15) is 5.75 Å². The summed E-state index contributed by atoms with van der Waals surface area (Å²) in [6.07, 6.45) is -7.34. The Morgan fingerprint density at radius 1 is 1.07 bits per heavy atom. The van der Waals surface area contributed by atoms with Gasteiger partial charge in [-0.05, 0) is 55.9 Å². The number of halogens is 6. The van der Waals surface area contributed by atoms with Gasteiger partial charge in [0.25, 0.3) is 0 Å². The summed E-state index contributed by atoms with van der Waals surface area (Å²) in [6.45, 7) is 0. The number of benzene rings is 1. The highest BCUT2D eigenvalue weighted by molar-refractivity contribution is 7.92. The third kappa shape index (κ3) is 5.41. The van der Waals surface area contributed by atoms with Crippen LogP contribution in [0.5, 0.6) is 5.75 Å². The molecular formula is C18H16F6N2O3S. The lowest BCUT2D eigenvalue weighted by Gasteiger charge is -2.35. The van der Waals surface area contributed by atoms with Crippen LogP contribution in [0.25, 0.3) is 0 Å². The smallest absolute Gasteiger partial charge is 0.406 e. The van der Waals surface area contributed by atoms with E-state index < -0.39 is 39.2 Å². The molecule has 12 heteroatoms. The first-order chi connectivity index (χ1) is 13.8. The summed E-state index contributed by atoms with van der Waals surface area (Å²) >= 11 is 0. The number of rotatable bonds is 6. The Morgan fingerprint density at radius 3 is 2.40 bits per heavy atom. The second kappa shape index (κ2) is 8.05. The van der Waals surface area contributed by atoms with E-state index in [1.807, 2.05) is 0 Å². The van der Waals surface area contributed by atoms with Gasteiger partial charge in [-0.2, -0.15) is 13.2 Å². The molecule has 0 spiro atoms. The van der Waals surface area contributed by atoms with Crippen LogP contribution in [0, 0.1) is 5.92 Å². The summed E-state index contributed by atoms with van der Waals surface area (Å²) in [4.78, 5) is 6.39. The van der Waals surface area contributed by atoms with Crippen molar-refractivity contribution >= 4 is 9.84 Å². The number of aromatic nitrogens is 2. The van der Waals surface area contributed by atoms with E-state index in [0.717, 1.165) is 24.4 Å². The van der Waals surface area contributed by atoms with Crippen molar-refractivity contribution < 1.29 is 39.5 Å². The van der Waals surface area contributed by atoms with Crippen molar-refractivity contribution in [3.8, 4) is 5.75 Å². The molecule has 1 aliphatic carbocycles. The largest absolute Gasteiger partial charge is 0.573 e. The molecule has 1 fully saturated rings. The molecule has 0 N–H and O–H groups in total. The van der Waals surface area contributed by atoms with E-state index >= 15 is 0 Å². The van der Waals surface area contributed by atoms with Gasteiger partial charge in [-0.25, -0.2) is 18.4 Å². The van der Waals surface area contributed by atoms with Crippen LogP contribution in [0.2, 0.25) is 0 Å². The molecule has 2 aromatic rings. The molecule has 5 nitrogen and oxygen atoms in total. The Kier molecular flexibility index (Phi) is 5.99. The van der Waals surface area contributed by atoms with Crippen LogP contribution in [0.4, 0.5) is 26.3 Å². The fourth-order valence-electron chi connectivity index (χ4n) is 3.23. The predicted molar refractivity (Wildman–Crippen MR) is 92.2 cm³/mol. The summed E-state index contributed by atoms with van der Waals surface area (Å²) < 4.78 is 104. The first-order valence-corrected chi connectivity index (χ1v) is 10.4. The highest BCUT2D eigenvalue weighted by atomic mass is 32.2.